The molecule has 7 atom stereocenters. The van der Waals surface area contributed by atoms with Gasteiger partial charge in [-0.05, 0) is 85.3 Å². The highest BCUT2D eigenvalue weighted by Crippen LogP contribution is 2.69. The molecule has 1 spiro atoms. The summed E-state index contributed by atoms with van der Waals surface area (Å²) in [6, 6.07) is 2.34. The summed E-state index contributed by atoms with van der Waals surface area (Å²) < 4.78 is 20.8. The van der Waals surface area contributed by atoms with E-state index in [0.717, 1.165) is 29.5 Å². The number of carbonyl (C=O) groups is 2. The number of hydrogen-bond acceptors (Lipinski definition) is 10. The molecule has 0 radical (unpaired) electrons. The number of ether oxygens (including phenoxy) is 3. The predicted molar refractivity (Wildman–Crippen MR) is 212 cm³/mol. The minimum absolute atomic E-state index is 0.0628. The van der Waals surface area contributed by atoms with Crippen molar-refractivity contribution in [2.75, 3.05) is 20.3 Å². The molecular formula is C44H56N4O7. The molecule has 0 saturated heterocycles. The van der Waals surface area contributed by atoms with Gasteiger partial charge in [0.25, 0.3) is 0 Å². The Morgan fingerprint density at radius 2 is 1.87 bits per heavy atom. The van der Waals surface area contributed by atoms with E-state index in [0.29, 0.717) is 46.9 Å². The minimum Gasteiger partial charge on any atom is -0.495 e. The van der Waals surface area contributed by atoms with Crippen LogP contribution in [0, 0.1) is 40.9 Å². The van der Waals surface area contributed by atoms with Crippen molar-refractivity contribution >= 4 is 29.3 Å². The molecule has 2 bridgehead atoms. The van der Waals surface area contributed by atoms with E-state index in [1.807, 2.05) is 33.8 Å². The molecule has 1 aromatic carbocycles. The van der Waals surface area contributed by atoms with Gasteiger partial charge in [0.15, 0.2) is 17.0 Å². The molecule has 3 aliphatic heterocycles. The molecular weight excluding hydrogens is 697 g/mol. The number of rotatable bonds is 12. The maximum atomic E-state index is 15.0. The van der Waals surface area contributed by atoms with E-state index in [1.165, 1.54) is 5.57 Å². The number of nitriles is 1. The van der Waals surface area contributed by atoms with Crippen LogP contribution in [0.5, 0.6) is 17.2 Å². The Labute approximate surface area is 324 Å². The number of ketones is 1. The van der Waals surface area contributed by atoms with Crippen LogP contribution in [0.1, 0.15) is 97.8 Å². The second-order valence-electron chi connectivity index (χ2n) is 16.8. The number of carbonyl (C=O) groups excluding carboxylic acids is 2. The van der Waals surface area contributed by atoms with Crippen LogP contribution in [0.4, 0.5) is 0 Å². The molecule has 6 aliphatic rings. The maximum Gasteiger partial charge on any atom is 0.246 e. The number of methoxy groups -OCH3 is 1. The monoisotopic (exact) mass is 752 g/mol. The van der Waals surface area contributed by atoms with Crippen LogP contribution in [0.3, 0.4) is 0 Å². The number of amides is 1. The van der Waals surface area contributed by atoms with Crippen molar-refractivity contribution in [3.05, 3.63) is 63.3 Å². The summed E-state index contributed by atoms with van der Waals surface area (Å²) in [6.45, 7) is 15.8. The second kappa shape index (κ2) is 14.8. The van der Waals surface area contributed by atoms with Crippen molar-refractivity contribution in [1.29, 1.82) is 5.26 Å². The van der Waals surface area contributed by atoms with E-state index in [2.05, 4.69) is 50.4 Å². The summed E-state index contributed by atoms with van der Waals surface area (Å²) in [7, 11) is 1.59. The third kappa shape index (κ3) is 6.31. The average Bonchev–Trinajstić information content (AvgIpc) is 3.13. The van der Waals surface area contributed by atoms with Gasteiger partial charge in [0, 0.05) is 47.4 Å². The Morgan fingerprint density at radius 1 is 1.16 bits per heavy atom. The van der Waals surface area contributed by atoms with Crippen molar-refractivity contribution < 1.29 is 34.0 Å². The number of allylic oxidation sites excluding steroid dienone is 4. The highest BCUT2D eigenvalue weighted by molar-refractivity contribution is 6.04. The first kappa shape index (κ1) is 40.0. The lowest BCUT2D eigenvalue weighted by atomic mass is 9.43. The fourth-order valence-corrected chi connectivity index (χ4v) is 9.47. The van der Waals surface area contributed by atoms with E-state index in [-0.39, 0.29) is 36.9 Å². The standard InChI is InChI=1S/C44H56N4O7/c1-23(2)11-10-16-42(8)17-15-28-36(54-42)27(13-12-24(3)4)38-33(37(28)53-9)35-34-32(30(22-45)40(46)48-35)29-21-31(25(5)6)44(34,55-38)43(52,39(29)50)18-14-26(7)41(51)47-19-20-49/h11-12,14-15,17,25,29-32,49,52H,10,13,16,18-21H2,1-9H3,(H2,46,48)(H,47,51). The van der Waals surface area contributed by atoms with Crippen molar-refractivity contribution in [2.45, 2.75) is 104 Å². The number of nitrogens with two attached hydrogens (primary N) is 1. The molecule has 7 rings (SSSR count). The van der Waals surface area contributed by atoms with Crippen LogP contribution in [-0.2, 0) is 16.0 Å². The highest BCUT2D eigenvalue weighted by atomic mass is 16.5. The lowest BCUT2D eigenvalue weighted by Crippen LogP contribution is -2.79. The molecule has 0 aromatic heterocycles. The van der Waals surface area contributed by atoms with Crippen molar-refractivity contribution in [2.24, 2.45) is 40.3 Å². The molecule has 1 aromatic rings. The minimum atomic E-state index is -2.16. The van der Waals surface area contributed by atoms with E-state index in [1.54, 1.807) is 20.1 Å². The van der Waals surface area contributed by atoms with Gasteiger partial charge in [-0.25, -0.2) is 4.99 Å². The fourth-order valence-electron chi connectivity index (χ4n) is 9.47. The lowest BCUT2D eigenvalue weighted by molar-refractivity contribution is -0.212. The van der Waals surface area contributed by atoms with Crippen molar-refractivity contribution in [3.63, 3.8) is 0 Å². The molecule has 11 heteroatoms. The van der Waals surface area contributed by atoms with Gasteiger partial charge >= 0.3 is 0 Å². The summed E-state index contributed by atoms with van der Waals surface area (Å²) in [5.41, 5.74) is 7.77. The number of fused-ring (bicyclic) bond motifs is 5. The number of nitrogens with one attached hydrogen (secondary N) is 1. The first-order valence-corrected chi connectivity index (χ1v) is 19.4. The van der Waals surface area contributed by atoms with Crippen molar-refractivity contribution in [3.8, 4) is 23.3 Å². The van der Waals surface area contributed by atoms with E-state index >= 15 is 0 Å². The second-order valence-corrected chi connectivity index (χ2v) is 16.8. The van der Waals surface area contributed by atoms with Crippen LogP contribution in [0.15, 0.2) is 51.6 Å². The zero-order valence-corrected chi connectivity index (χ0v) is 33.6. The molecule has 3 saturated carbocycles. The lowest BCUT2D eigenvalue weighted by Gasteiger charge is -2.66. The number of aliphatic hydroxyl groups is 2. The Balaban J connectivity index is 1.68. The van der Waals surface area contributed by atoms with Gasteiger partial charge in [-0.2, -0.15) is 5.26 Å². The Morgan fingerprint density at radius 3 is 2.49 bits per heavy atom. The van der Waals surface area contributed by atoms with Crippen LogP contribution >= 0.6 is 0 Å². The number of benzene rings is 1. The summed E-state index contributed by atoms with van der Waals surface area (Å²) in [5.74, 6) is -2.19. The highest BCUT2D eigenvalue weighted by Gasteiger charge is 2.77. The number of nitrogens with zero attached hydrogens (tertiary/aromatic N) is 2. The molecule has 3 aliphatic carbocycles. The zero-order chi connectivity index (χ0) is 40.2. The normalized spacial score (nSPS) is 29.9. The van der Waals surface area contributed by atoms with Crippen LogP contribution in [0.2, 0.25) is 0 Å². The third-order valence-corrected chi connectivity index (χ3v) is 12.2. The van der Waals surface area contributed by atoms with E-state index in [9.17, 15) is 25.1 Å². The Hall–Kier alpha value is -4.66. The number of Topliss-reactive ketones (excluding diaryl/α,β-unsaturated/α-hetero) is 1. The predicted octanol–water partition coefficient (Wildman–Crippen LogP) is 6.13. The first-order chi connectivity index (χ1) is 26.0. The van der Waals surface area contributed by atoms with Crippen LogP contribution < -0.4 is 25.3 Å². The average molecular weight is 753 g/mol. The van der Waals surface area contributed by atoms with Gasteiger partial charge in [0.05, 0.1) is 36.6 Å². The topological polar surface area (TPSA) is 176 Å². The van der Waals surface area contributed by atoms with E-state index in [4.69, 9.17) is 24.9 Å². The molecule has 3 fully saturated rings. The molecule has 3 heterocycles. The fraction of sp³-hybridized carbons (Fsp3) is 0.545. The van der Waals surface area contributed by atoms with Crippen LogP contribution in [0.25, 0.3) is 11.8 Å². The maximum absolute atomic E-state index is 15.0. The number of hydrogen-bond donors (Lipinski definition) is 4. The first-order valence-electron chi connectivity index (χ1n) is 19.4. The SMILES string of the molecule is COc1c2c(c(CC=C(C)C)c3c1C1=C4C(C(C#N)C(N)=N1)C1CC(C(C)C)C4(O3)C(O)(CC=C(C)C(=O)NCCO)C1=O)OC(C)(CCC=C(C)C)C=C2. The van der Waals surface area contributed by atoms with Gasteiger partial charge in [-0.3, -0.25) is 9.59 Å². The van der Waals surface area contributed by atoms with Gasteiger partial charge in [-0.1, -0.05) is 43.2 Å². The van der Waals surface area contributed by atoms with Gasteiger partial charge in [0.2, 0.25) is 5.91 Å². The largest absolute Gasteiger partial charge is 0.495 e. The zero-order valence-electron chi connectivity index (χ0n) is 33.6. The number of aliphatic imine (C=N–C) groups is 1. The summed E-state index contributed by atoms with van der Waals surface area (Å²) in [6.07, 6.45) is 12.0. The smallest absolute Gasteiger partial charge is 0.246 e. The Bertz CT molecular complexity index is 2020. The molecule has 5 N–H and O–H groups in total. The molecule has 11 nitrogen and oxygen atoms in total. The third-order valence-electron chi connectivity index (χ3n) is 12.2. The molecule has 294 valence electrons. The van der Waals surface area contributed by atoms with Gasteiger partial charge in [-0.15, -0.1) is 0 Å². The summed E-state index contributed by atoms with van der Waals surface area (Å²) in [5, 5.41) is 35.8. The molecule has 1 amide bonds. The number of aliphatic hydroxyl groups excluding tert-OH is 1. The number of amidine groups is 1. The van der Waals surface area contributed by atoms with Crippen molar-refractivity contribution in [1.82, 2.24) is 5.32 Å². The quantitative estimate of drug-likeness (QED) is 0.144. The summed E-state index contributed by atoms with van der Waals surface area (Å²) in [4.78, 5) is 32.9. The molecule has 7 unspecified atom stereocenters. The van der Waals surface area contributed by atoms with Gasteiger partial charge < -0.3 is 35.5 Å². The summed E-state index contributed by atoms with van der Waals surface area (Å²) >= 11 is 0. The van der Waals surface area contributed by atoms with E-state index < -0.39 is 52.2 Å². The van der Waals surface area contributed by atoms with Gasteiger partial charge in [0.1, 0.15) is 34.6 Å². The molecule has 55 heavy (non-hydrogen) atoms. The Kier molecular flexibility index (Phi) is 10.7. The van der Waals surface area contributed by atoms with Crippen LogP contribution in [-0.4, -0.2) is 64.8 Å².